The lowest BCUT2D eigenvalue weighted by Gasteiger charge is -2.17. The summed E-state index contributed by atoms with van der Waals surface area (Å²) in [6.45, 7) is 0.944. The van der Waals surface area contributed by atoms with Crippen molar-refractivity contribution in [2.24, 2.45) is 0 Å². The number of nitrogens with zero attached hydrogens (tertiary/aromatic N) is 2. The van der Waals surface area contributed by atoms with Crippen LogP contribution < -0.4 is 0 Å². The first-order valence-corrected chi connectivity index (χ1v) is 7.30. The van der Waals surface area contributed by atoms with E-state index >= 15 is 0 Å². The summed E-state index contributed by atoms with van der Waals surface area (Å²) >= 11 is 1.55. The first-order valence-electron chi connectivity index (χ1n) is 6.42. The number of aliphatic hydroxyl groups is 1. The van der Waals surface area contributed by atoms with Gasteiger partial charge in [-0.15, -0.1) is 11.3 Å². The molecule has 4 nitrogen and oxygen atoms in total. The molecule has 2 rings (SSSR count). The highest BCUT2D eigenvalue weighted by Crippen LogP contribution is 2.19. The van der Waals surface area contributed by atoms with Crippen molar-refractivity contribution in [1.82, 2.24) is 9.88 Å². The lowest BCUT2D eigenvalue weighted by atomic mass is 10.2. The Morgan fingerprint density at radius 1 is 1.37 bits per heavy atom. The first kappa shape index (κ1) is 14.0. The van der Waals surface area contributed by atoms with Gasteiger partial charge in [0.2, 0.25) is 0 Å². The molecule has 0 unspecified atom stereocenters. The Labute approximate surface area is 116 Å². The number of aromatic nitrogens is 1. The predicted molar refractivity (Wildman–Crippen MR) is 77.5 cm³/mol. The number of thiazole rings is 1. The molecule has 0 bridgehead atoms. The van der Waals surface area contributed by atoms with E-state index < -0.39 is 0 Å². The van der Waals surface area contributed by atoms with Crippen LogP contribution in [0.4, 0.5) is 0 Å². The zero-order valence-electron chi connectivity index (χ0n) is 11.0. The zero-order valence-corrected chi connectivity index (χ0v) is 11.8. The van der Waals surface area contributed by atoms with Crippen LogP contribution in [0.5, 0.6) is 0 Å². The van der Waals surface area contributed by atoms with Crippen LogP contribution in [-0.4, -0.2) is 41.1 Å². The van der Waals surface area contributed by atoms with Gasteiger partial charge in [-0.1, -0.05) is 0 Å². The molecule has 1 N–H and O–H groups in total. The lowest BCUT2D eigenvalue weighted by Crippen LogP contribution is -2.27. The van der Waals surface area contributed by atoms with Gasteiger partial charge < -0.3 is 10.0 Å². The molecule has 0 aliphatic heterocycles. The van der Waals surface area contributed by atoms with Gasteiger partial charge >= 0.3 is 0 Å². The van der Waals surface area contributed by atoms with Gasteiger partial charge in [-0.05, 0) is 37.5 Å². The van der Waals surface area contributed by atoms with Gasteiger partial charge in [0.1, 0.15) is 0 Å². The second kappa shape index (κ2) is 6.63. The summed E-state index contributed by atoms with van der Waals surface area (Å²) in [6.07, 6.45) is 2.67. The molecule has 0 saturated carbocycles. The van der Waals surface area contributed by atoms with Gasteiger partial charge in [0, 0.05) is 25.8 Å². The van der Waals surface area contributed by atoms with Gasteiger partial charge in [-0.2, -0.15) is 0 Å². The van der Waals surface area contributed by atoms with E-state index in [0.29, 0.717) is 5.56 Å². The van der Waals surface area contributed by atoms with E-state index in [9.17, 15) is 4.79 Å². The number of amides is 1. The number of aliphatic hydroxyl groups excluding tert-OH is 1. The summed E-state index contributed by atoms with van der Waals surface area (Å²) in [5.41, 5.74) is 3.44. The fourth-order valence-corrected chi connectivity index (χ4v) is 2.66. The van der Waals surface area contributed by atoms with Crippen molar-refractivity contribution in [3.05, 3.63) is 29.3 Å². The van der Waals surface area contributed by atoms with Crippen molar-refractivity contribution in [2.75, 3.05) is 20.2 Å². The number of carbonyl (C=O) groups excluding carboxylic acids is 1. The van der Waals surface area contributed by atoms with E-state index in [4.69, 9.17) is 5.11 Å². The monoisotopic (exact) mass is 278 g/mol. The molecule has 1 amide bonds. The topological polar surface area (TPSA) is 53.4 Å². The molecule has 0 spiro atoms. The highest BCUT2D eigenvalue weighted by molar-refractivity contribution is 7.16. The molecular weight excluding hydrogens is 260 g/mol. The molecular formula is C14H18N2O2S. The molecule has 0 aliphatic carbocycles. The van der Waals surface area contributed by atoms with Crippen LogP contribution in [0.3, 0.4) is 0 Å². The number of rotatable bonds is 6. The molecule has 1 heterocycles. The van der Waals surface area contributed by atoms with E-state index in [1.807, 2.05) is 25.2 Å². The average Bonchev–Trinajstić information content (AvgIpc) is 2.89. The predicted octanol–water partition coefficient (Wildman–Crippen LogP) is 2.53. The third kappa shape index (κ3) is 3.52. The minimum absolute atomic E-state index is 0.0410. The van der Waals surface area contributed by atoms with E-state index in [1.165, 1.54) is 0 Å². The highest BCUT2D eigenvalue weighted by atomic mass is 32.1. The van der Waals surface area contributed by atoms with Gasteiger partial charge in [0.15, 0.2) is 0 Å². The fraction of sp³-hybridized carbons (Fsp3) is 0.429. The highest BCUT2D eigenvalue weighted by Gasteiger charge is 2.12. The van der Waals surface area contributed by atoms with Crippen molar-refractivity contribution < 1.29 is 9.90 Å². The minimum atomic E-state index is 0.0410. The van der Waals surface area contributed by atoms with E-state index in [1.54, 1.807) is 21.7 Å². The smallest absolute Gasteiger partial charge is 0.253 e. The van der Waals surface area contributed by atoms with Crippen LogP contribution in [0.2, 0.25) is 0 Å². The standard InChI is InChI=1S/C14H18N2O2S/c1-16(7-3-2-4-8-17)14(18)11-5-6-12-13(9-11)19-10-15-12/h5-6,9-10,17H,2-4,7-8H2,1H3. The van der Waals surface area contributed by atoms with Crippen molar-refractivity contribution in [1.29, 1.82) is 0 Å². The van der Waals surface area contributed by atoms with Crippen molar-refractivity contribution in [3.63, 3.8) is 0 Å². The largest absolute Gasteiger partial charge is 0.396 e. The van der Waals surface area contributed by atoms with Crippen LogP contribution >= 0.6 is 11.3 Å². The second-order valence-electron chi connectivity index (χ2n) is 4.55. The quantitative estimate of drug-likeness (QED) is 0.826. The zero-order chi connectivity index (χ0) is 13.7. The van der Waals surface area contributed by atoms with E-state index in [0.717, 1.165) is 36.0 Å². The molecule has 0 fully saturated rings. The van der Waals surface area contributed by atoms with E-state index in [-0.39, 0.29) is 12.5 Å². The van der Waals surface area contributed by atoms with Gasteiger partial charge in [-0.25, -0.2) is 4.98 Å². The normalized spacial score (nSPS) is 10.8. The number of unbranched alkanes of at least 4 members (excludes halogenated alkanes) is 2. The summed E-state index contributed by atoms with van der Waals surface area (Å²) in [5.74, 6) is 0.0410. The van der Waals surface area contributed by atoms with Gasteiger partial charge in [-0.3, -0.25) is 4.79 Å². The Kier molecular flexibility index (Phi) is 4.87. The van der Waals surface area contributed by atoms with Crippen LogP contribution in [0.15, 0.2) is 23.7 Å². The Morgan fingerprint density at radius 2 is 2.21 bits per heavy atom. The maximum absolute atomic E-state index is 12.2. The summed E-state index contributed by atoms with van der Waals surface area (Å²) in [4.78, 5) is 18.2. The maximum Gasteiger partial charge on any atom is 0.253 e. The summed E-state index contributed by atoms with van der Waals surface area (Å²) in [5, 5.41) is 8.71. The van der Waals surface area contributed by atoms with Crippen molar-refractivity contribution in [2.45, 2.75) is 19.3 Å². The second-order valence-corrected chi connectivity index (χ2v) is 5.43. The Hall–Kier alpha value is -1.46. The molecule has 1 aromatic heterocycles. The number of fused-ring (bicyclic) bond motifs is 1. The Morgan fingerprint density at radius 3 is 3.00 bits per heavy atom. The SMILES string of the molecule is CN(CCCCCO)C(=O)c1ccc2ncsc2c1. The third-order valence-corrected chi connectivity index (χ3v) is 3.87. The Bertz CT molecular complexity index is 553. The lowest BCUT2D eigenvalue weighted by molar-refractivity contribution is 0.0792. The van der Waals surface area contributed by atoms with Crippen molar-refractivity contribution in [3.8, 4) is 0 Å². The van der Waals surface area contributed by atoms with Gasteiger partial charge in [0.25, 0.3) is 5.91 Å². The molecule has 19 heavy (non-hydrogen) atoms. The number of hydrogen-bond donors (Lipinski definition) is 1. The third-order valence-electron chi connectivity index (χ3n) is 3.08. The molecule has 2 aromatic rings. The van der Waals surface area contributed by atoms with E-state index in [2.05, 4.69) is 4.98 Å². The fourth-order valence-electron chi connectivity index (χ4n) is 1.95. The molecule has 1 aromatic carbocycles. The van der Waals surface area contributed by atoms with Crippen LogP contribution in [0.25, 0.3) is 10.2 Å². The molecule has 0 saturated heterocycles. The summed E-state index contributed by atoms with van der Waals surface area (Å²) in [7, 11) is 1.82. The van der Waals surface area contributed by atoms with Crippen molar-refractivity contribution >= 4 is 27.5 Å². The number of benzene rings is 1. The number of hydrogen-bond acceptors (Lipinski definition) is 4. The average molecular weight is 278 g/mol. The minimum Gasteiger partial charge on any atom is -0.396 e. The summed E-state index contributed by atoms with van der Waals surface area (Å²) in [6, 6.07) is 5.62. The number of carbonyl (C=O) groups is 1. The molecule has 102 valence electrons. The van der Waals surface area contributed by atoms with Crippen LogP contribution in [0.1, 0.15) is 29.6 Å². The first-order chi connectivity index (χ1) is 9.22. The van der Waals surface area contributed by atoms with Gasteiger partial charge in [0.05, 0.1) is 15.7 Å². The molecule has 0 atom stereocenters. The van der Waals surface area contributed by atoms with Crippen LogP contribution in [0, 0.1) is 0 Å². The molecule has 0 radical (unpaired) electrons. The Balaban J connectivity index is 1.97. The molecule has 5 heteroatoms. The molecule has 0 aliphatic rings. The maximum atomic E-state index is 12.2. The van der Waals surface area contributed by atoms with Crippen LogP contribution in [-0.2, 0) is 0 Å². The summed E-state index contributed by atoms with van der Waals surface area (Å²) < 4.78 is 1.04.